The van der Waals surface area contributed by atoms with Gasteiger partial charge in [-0.1, -0.05) is 149 Å². The topological polar surface area (TPSA) is 12.9 Å². The van der Waals surface area contributed by atoms with E-state index < -0.39 is 0 Å². The summed E-state index contributed by atoms with van der Waals surface area (Å²) >= 11 is 3.85. The lowest BCUT2D eigenvalue weighted by Crippen LogP contribution is -1.93. The maximum Gasteiger partial charge on any atom is 0.0715 e. The van der Waals surface area contributed by atoms with Crippen molar-refractivity contribution in [2.45, 2.75) is 13.3 Å². The number of allylic oxidation sites excluding steroid dienone is 4. The number of benzene rings is 5. The van der Waals surface area contributed by atoms with Gasteiger partial charge < -0.3 is 0 Å². The van der Waals surface area contributed by atoms with Crippen LogP contribution in [0.5, 0.6) is 0 Å². The van der Waals surface area contributed by atoms with E-state index in [0.717, 1.165) is 50.1 Å². The molecule has 0 N–H and O–H groups in total. The van der Waals surface area contributed by atoms with Crippen LogP contribution in [0.15, 0.2) is 168 Å². The van der Waals surface area contributed by atoms with Crippen molar-refractivity contribution < 1.29 is 0 Å². The smallest absolute Gasteiger partial charge is 0.0715 e. The van der Waals surface area contributed by atoms with Crippen LogP contribution < -0.4 is 0 Å². The molecule has 0 unspecified atom stereocenters. The molecule has 2 heteroatoms. The third kappa shape index (κ3) is 7.17. The molecule has 1 heterocycles. The molecule has 0 amide bonds. The molecule has 0 bridgehead atoms. The highest BCUT2D eigenvalue weighted by atomic mass is 79.9. The number of halogens is 1. The SMILES string of the molecule is C/C(=C\C(=C/Cc1ccccc1)c1cc(Br)cc(-c2cc(-c3ccccc3)nc(-c3ccccc3)c2)c1)c1ccccc1. The number of hydrogen-bond donors (Lipinski definition) is 0. The van der Waals surface area contributed by atoms with Crippen LogP contribution >= 0.6 is 15.9 Å². The molecule has 0 spiro atoms. The third-order valence-electron chi connectivity index (χ3n) is 7.53. The minimum absolute atomic E-state index is 0.849. The maximum atomic E-state index is 5.08. The highest BCUT2D eigenvalue weighted by Crippen LogP contribution is 2.34. The summed E-state index contributed by atoms with van der Waals surface area (Å²) in [6.07, 6.45) is 5.49. The van der Waals surface area contributed by atoms with Crippen LogP contribution in [0.4, 0.5) is 0 Å². The van der Waals surface area contributed by atoms with E-state index in [9.17, 15) is 0 Å². The van der Waals surface area contributed by atoms with Crippen LogP contribution in [0.1, 0.15) is 23.6 Å². The number of rotatable bonds is 8. The molecule has 0 aliphatic rings. The van der Waals surface area contributed by atoms with Crippen LogP contribution in [-0.2, 0) is 6.42 Å². The fourth-order valence-electron chi connectivity index (χ4n) is 5.25. The first-order valence-electron chi connectivity index (χ1n) is 14.5. The Kier molecular flexibility index (Phi) is 8.87. The predicted molar refractivity (Wildman–Crippen MR) is 186 cm³/mol. The summed E-state index contributed by atoms with van der Waals surface area (Å²) in [4.78, 5) is 5.08. The molecule has 6 rings (SSSR count). The third-order valence-corrected chi connectivity index (χ3v) is 7.99. The van der Waals surface area contributed by atoms with Gasteiger partial charge in [0.2, 0.25) is 0 Å². The van der Waals surface area contributed by atoms with Crippen LogP contribution in [0, 0.1) is 0 Å². The molecule has 0 saturated heterocycles. The lowest BCUT2D eigenvalue weighted by molar-refractivity contribution is 1.27. The van der Waals surface area contributed by atoms with E-state index in [0.29, 0.717) is 0 Å². The van der Waals surface area contributed by atoms with Gasteiger partial charge in [-0.3, -0.25) is 0 Å². The summed E-state index contributed by atoms with van der Waals surface area (Å²) in [6, 6.07) is 53.1. The average molecular weight is 619 g/mol. The average Bonchev–Trinajstić information content (AvgIpc) is 3.07. The largest absolute Gasteiger partial charge is 0.248 e. The van der Waals surface area contributed by atoms with E-state index in [1.807, 2.05) is 12.1 Å². The summed E-state index contributed by atoms with van der Waals surface area (Å²) in [6.45, 7) is 2.19. The van der Waals surface area contributed by atoms with E-state index in [1.165, 1.54) is 22.3 Å². The van der Waals surface area contributed by atoms with Crippen molar-refractivity contribution in [2.24, 2.45) is 0 Å². The lowest BCUT2D eigenvalue weighted by atomic mass is 9.94. The maximum absolute atomic E-state index is 5.08. The van der Waals surface area contributed by atoms with Gasteiger partial charge in [-0.05, 0) is 82.6 Å². The van der Waals surface area contributed by atoms with Gasteiger partial charge in [-0.2, -0.15) is 0 Å². The van der Waals surface area contributed by atoms with Crippen LogP contribution in [-0.4, -0.2) is 4.98 Å². The van der Waals surface area contributed by atoms with E-state index in [-0.39, 0.29) is 0 Å². The molecule has 0 aliphatic carbocycles. The Morgan fingerprint density at radius 1 is 0.558 bits per heavy atom. The number of aromatic nitrogens is 1. The first kappa shape index (κ1) is 28.3. The fourth-order valence-corrected chi connectivity index (χ4v) is 5.75. The summed E-state index contributed by atoms with van der Waals surface area (Å²) in [5, 5.41) is 0. The number of pyridine rings is 1. The summed E-state index contributed by atoms with van der Waals surface area (Å²) < 4.78 is 1.04. The minimum atomic E-state index is 0.849. The number of nitrogens with zero attached hydrogens (tertiary/aromatic N) is 1. The summed E-state index contributed by atoms with van der Waals surface area (Å²) in [5.41, 5.74) is 12.5. The van der Waals surface area contributed by atoms with E-state index in [4.69, 9.17) is 4.98 Å². The van der Waals surface area contributed by atoms with Crippen molar-refractivity contribution >= 4 is 27.1 Å². The Hall–Kier alpha value is -4.79. The molecule has 43 heavy (non-hydrogen) atoms. The molecular formula is C41H32BrN. The Labute approximate surface area is 263 Å². The molecular weight excluding hydrogens is 586 g/mol. The first-order valence-corrected chi connectivity index (χ1v) is 15.3. The highest BCUT2D eigenvalue weighted by molar-refractivity contribution is 9.10. The van der Waals surface area contributed by atoms with Gasteiger partial charge in [-0.15, -0.1) is 0 Å². The lowest BCUT2D eigenvalue weighted by Gasteiger charge is -2.13. The minimum Gasteiger partial charge on any atom is -0.248 e. The Bertz CT molecular complexity index is 1820. The highest BCUT2D eigenvalue weighted by Gasteiger charge is 2.12. The predicted octanol–water partition coefficient (Wildman–Crippen LogP) is 11.6. The van der Waals surface area contributed by atoms with Gasteiger partial charge >= 0.3 is 0 Å². The van der Waals surface area contributed by atoms with E-state index in [1.54, 1.807) is 0 Å². The van der Waals surface area contributed by atoms with Gasteiger partial charge in [0.15, 0.2) is 0 Å². The van der Waals surface area contributed by atoms with Gasteiger partial charge in [0.1, 0.15) is 0 Å². The fraction of sp³-hybridized carbons (Fsp3) is 0.0488. The molecule has 5 aromatic carbocycles. The van der Waals surface area contributed by atoms with Gasteiger partial charge in [-0.25, -0.2) is 4.98 Å². The second kappa shape index (κ2) is 13.5. The van der Waals surface area contributed by atoms with Crippen molar-refractivity contribution in [3.63, 3.8) is 0 Å². The van der Waals surface area contributed by atoms with Crippen molar-refractivity contribution in [3.8, 4) is 33.6 Å². The second-order valence-corrected chi connectivity index (χ2v) is 11.5. The van der Waals surface area contributed by atoms with Gasteiger partial charge in [0, 0.05) is 15.6 Å². The van der Waals surface area contributed by atoms with Crippen molar-refractivity contribution in [1.29, 1.82) is 0 Å². The van der Waals surface area contributed by atoms with Crippen molar-refractivity contribution in [3.05, 3.63) is 185 Å². The van der Waals surface area contributed by atoms with Gasteiger partial charge in [0.25, 0.3) is 0 Å². The van der Waals surface area contributed by atoms with Gasteiger partial charge in [0.05, 0.1) is 11.4 Å². The zero-order valence-electron chi connectivity index (χ0n) is 24.1. The summed E-state index contributed by atoms with van der Waals surface area (Å²) in [5.74, 6) is 0. The molecule has 0 radical (unpaired) electrons. The zero-order valence-corrected chi connectivity index (χ0v) is 25.7. The molecule has 0 aliphatic heterocycles. The van der Waals surface area contributed by atoms with Crippen LogP contribution in [0.3, 0.4) is 0 Å². The molecule has 1 nitrogen and oxygen atoms in total. The Morgan fingerprint density at radius 2 is 1.07 bits per heavy atom. The number of hydrogen-bond acceptors (Lipinski definition) is 1. The van der Waals surface area contributed by atoms with Crippen molar-refractivity contribution in [2.75, 3.05) is 0 Å². The molecule has 208 valence electrons. The Balaban J connectivity index is 1.48. The molecule has 0 saturated carbocycles. The van der Waals surface area contributed by atoms with Crippen LogP contribution in [0.2, 0.25) is 0 Å². The van der Waals surface area contributed by atoms with E-state index in [2.05, 4.69) is 175 Å². The normalized spacial score (nSPS) is 11.9. The zero-order chi connectivity index (χ0) is 29.4. The van der Waals surface area contributed by atoms with Crippen LogP contribution in [0.25, 0.3) is 44.8 Å². The van der Waals surface area contributed by atoms with Crippen molar-refractivity contribution in [1.82, 2.24) is 4.98 Å². The molecule has 0 fully saturated rings. The molecule has 6 aromatic rings. The monoisotopic (exact) mass is 617 g/mol. The Morgan fingerprint density at radius 3 is 1.65 bits per heavy atom. The summed E-state index contributed by atoms with van der Waals surface area (Å²) in [7, 11) is 0. The quantitative estimate of drug-likeness (QED) is 0.155. The second-order valence-electron chi connectivity index (χ2n) is 10.6. The first-order chi connectivity index (χ1) is 21.1. The molecule has 0 atom stereocenters. The standard InChI is InChI=1S/C41H32BrN/c1-30(32-16-8-3-9-17-32)24-35(23-22-31-14-6-2-7-15-31)36-25-37(27-39(42)26-36)38-28-40(33-18-10-4-11-19-33)43-41(29-38)34-20-12-5-13-21-34/h2-21,23-29H,22H2,1H3/b30-24+,35-23+. The molecule has 1 aromatic heterocycles. The van der Waals surface area contributed by atoms with E-state index >= 15 is 0 Å².